The molecule has 0 aromatic heterocycles. The molecular formula is C35H30F5N5S5. The van der Waals surface area contributed by atoms with Crippen LogP contribution in [0, 0.1) is 56.7 Å². The van der Waals surface area contributed by atoms with Crippen LogP contribution in [0.4, 0.5) is 23.5 Å². The van der Waals surface area contributed by atoms with Crippen molar-refractivity contribution < 1.29 is 23.5 Å². The molecule has 0 aliphatic rings. The van der Waals surface area contributed by atoms with Crippen molar-refractivity contribution in [3.8, 4) is 30.3 Å². The zero-order chi connectivity index (χ0) is 33.5. The van der Waals surface area contributed by atoms with Crippen molar-refractivity contribution in [2.45, 2.75) is 24.5 Å². The predicted molar refractivity (Wildman–Crippen MR) is 205 cm³/mol. The quantitative estimate of drug-likeness (QED) is 0.0793. The van der Waals surface area contributed by atoms with Crippen LogP contribution in [0.5, 0.6) is 0 Å². The summed E-state index contributed by atoms with van der Waals surface area (Å²) < 4.78 is 0. The summed E-state index contributed by atoms with van der Waals surface area (Å²) in [4.78, 5) is 4.42. The Morgan fingerprint density at radius 3 is 0.420 bits per heavy atom. The number of hydrogen-bond acceptors (Lipinski definition) is 10. The van der Waals surface area contributed by atoms with Gasteiger partial charge in [-0.25, -0.2) is 0 Å². The van der Waals surface area contributed by atoms with Gasteiger partial charge in [0.1, 0.15) is 0 Å². The van der Waals surface area contributed by atoms with E-state index in [-0.39, 0.29) is 23.5 Å². The molecule has 0 aliphatic carbocycles. The molecule has 0 unspecified atom stereocenters. The number of hydrogen-bond donors (Lipinski definition) is 5. The monoisotopic (exact) mass is 775 g/mol. The molecule has 0 radical (unpaired) electrons. The molecule has 0 aliphatic heterocycles. The Hall–Kier alpha value is -5.05. The summed E-state index contributed by atoms with van der Waals surface area (Å²) in [5.41, 5.74) is 3.37. The minimum atomic E-state index is 0. The third-order valence-corrected chi connectivity index (χ3v) is 6.47. The first-order chi connectivity index (χ1) is 21.6. The fraction of sp³-hybridized carbons (Fsp3) is 0. The van der Waals surface area contributed by atoms with E-state index in [0.717, 1.165) is 24.5 Å². The molecule has 5 aromatic rings. The molecule has 0 fully saturated rings. The van der Waals surface area contributed by atoms with Crippen LogP contribution < -0.4 is 0 Å². The zero-order valence-electron chi connectivity index (χ0n) is 25.6. The van der Waals surface area contributed by atoms with Crippen molar-refractivity contribution in [2.75, 3.05) is 0 Å². The van der Waals surface area contributed by atoms with E-state index in [0.29, 0.717) is 27.8 Å². The molecule has 0 spiro atoms. The van der Waals surface area contributed by atoms with Gasteiger partial charge in [-0.1, -0.05) is 0 Å². The molecule has 0 saturated carbocycles. The molecule has 0 bridgehead atoms. The van der Waals surface area contributed by atoms with Crippen LogP contribution in [0.3, 0.4) is 0 Å². The maximum atomic E-state index is 8.35. The van der Waals surface area contributed by atoms with Gasteiger partial charge in [-0.3, -0.25) is 23.5 Å². The summed E-state index contributed by atoms with van der Waals surface area (Å²) in [6.07, 6.45) is 0. The smallest absolute Gasteiger partial charge is 0.0991 e. The van der Waals surface area contributed by atoms with Crippen LogP contribution in [-0.4, -0.2) is 0 Å². The van der Waals surface area contributed by atoms with Crippen molar-refractivity contribution in [1.82, 2.24) is 0 Å². The number of nitriles is 5. The van der Waals surface area contributed by atoms with E-state index in [9.17, 15) is 0 Å². The summed E-state index contributed by atoms with van der Waals surface area (Å²) in [5, 5.41) is 41.8. The predicted octanol–water partition coefficient (Wildman–Crippen LogP) is 10.00. The van der Waals surface area contributed by atoms with E-state index in [1.165, 1.54) is 0 Å². The van der Waals surface area contributed by atoms with E-state index in [1.807, 2.05) is 30.3 Å². The van der Waals surface area contributed by atoms with Gasteiger partial charge in [0.15, 0.2) is 0 Å². The van der Waals surface area contributed by atoms with E-state index < -0.39 is 0 Å². The fourth-order valence-corrected chi connectivity index (χ4v) is 3.43. The highest BCUT2D eigenvalue weighted by atomic mass is 32.1. The Bertz CT molecular complexity index is 1510. The third-order valence-electron chi connectivity index (χ3n) is 4.98. The number of nitrogens with zero attached hydrogens (tertiary/aromatic N) is 5. The topological polar surface area (TPSA) is 119 Å². The van der Waals surface area contributed by atoms with Crippen LogP contribution in [-0.2, 0) is 0 Å². The lowest BCUT2D eigenvalue weighted by Gasteiger charge is -1.87. The number of rotatable bonds is 0. The molecule has 0 N–H and O–H groups in total. The van der Waals surface area contributed by atoms with Crippen LogP contribution >= 0.6 is 63.1 Å². The minimum absolute atomic E-state index is 0. The molecule has 5 nitrogen and oxygen atoms in total. The van der Waals surface area contributed by atoms with Gasteiger partial charge in [-0.15, -0.1) is 63.1 Å². The molecule has 15 heteroatoms. The van der Waals surface area contributed by atoms with Crippen molar-refractivity contribution in [2.24, 2.45) is 0 Å². The first kappa shape index (κ1) is 54.4. The maximum absolute atomic E-state index is 8.35. The molecule has 50 heavy (non-hydrogen) atoms. The van der Waals surface area contributed by atoms with E-state index >= 15 is 0 Å². The van der Waals surface area contributed by atoms with Gasteiger partial charge in [0, 0.05) is 24.5 Å². The van der Waals surface area contributed by atoms with Gasteiger partial charge in [0.25, 0.3) is 0 Å². The first-order valence-electron chi connectivity index (χ1n) is 12.6. The normalized spacial score (nSPS) is 7.60. The van der Waals surface area contributed by atoms with Crippen LogP contribution in [0.2, 0.25) is 0 Å². The fourth-order valence-electron chi connectivity index (χ4n) is 2.68. The van der Waals surface area contributed by atoms with Crippen LogP contribution in [0.1, 0.15) is 27.8 Å². The van der Waals surface area contributed by atoms with Crippen LogP contribution in [0.15, 0.2) is 146 Å². The van der Waals surface area contributed by atoms with Crippen molar-refractivity contribution in [1.29, 1.82) is 26.3 Å². The summed E-state index contributed by atoms with van der Waals surface area (Å²) in [6, 6.07) is 45.4. The Morgan fingerprint density at radius 2 is 0.340 bits per heavy atom. The average molecular weight is 776 g/mol. The Labute approximate surface area is 315 Å². The van der Waals surface area contributed by atoms with Gasteiger partial charge in [-0.2, -0.15) is 26.3 Å². The number of thiol groups is 5. The Morgan fingerprint density at radius 1 is 0.240 bits per heavy atom. The van der Waals surface area contributed by atoms with Gasteiger partial charge in [-0.05, 0) is 121 Å². The molecule has 260 valence electrons. The lowest BCUT2D eigenvalue weighted by Crippen LogP contribution is -1.69. The second-order valence-electron chi connectivity index (χ2n) is 8.29. The van der Waals surface area contributed by atoms with Gasteiger partial charge >= 0.3 is 0 Å². The van der Waals surface area contributed by atoms with Gasteiger partial charge in [0.2, 0.25) is 0 Å². The SMILES string of the molecule is F.F.F.F.F.N#Cc1ccc(S)cc1.N#Cc1ccc(S)cc1.N#Cc1ccc(S)cc1.N#Cc1ccc(S)cc1.N#Cc1ccc(S)cc1. The molecule has 0 heterocycles. The number of benzene rings is 5. The Kier molecular flexibility index (Phi) is 35.4. The summed E-state index contributed by atoms with van der Waals surface area (Å²) in [6.45, 7) is 0. The second kappa shape index (κ2) is 32.5. The van der Waals surface area contributed by atoms with Crippen molar-refractivity contribution in [3.05, 3.63) is 149 Å². The minimum Gasteiger partial charge on any atom is -0.269 e. The summed E-state index contributed by atoms with van der Waals surface area (Å²) >= 11 is 20.3. The first-order valence-corrected chi connectivity index (χ1v) is 14.8. The zero-order valence-corrected chi connectivity index (χ0v) is 30.0. The van der Waals surface area contributed by atoms with E-state index in [4.69, 9.17) is 26.3 Å². The second-order valence-corrected chi connectivity index (χ2v) is 10.9. The summed E-state index contributed by atoms with van der Waals surface area (Å²) in [5.74, 6) is 0. The Balaban J connectivity index is -0.000000165. The van der Waals surface area contributed by atoms with Crippen LogP contribution in [0.25, 0.3) is 0 Å². The van der Waals surface area contributed by atoms with Crippen molar-refractivity contribution in [3.63, 3.8) is 0 Å². The molecule has 0 amide bonds. The number of halogens is 5. The van der Waals surface area contributed by atoms with Crippen molar-refractivity contribution >= 4 is 63.1 Å². The molecule has 0 saturated heterocycles. The van der Waals surface area contributed by atoms with E-state index in [1.54, 1.807) is 121 Å². The largest absolute Gasteiger partial charge is 0.269 e. The molecule has 5 rings (SSSR count). The standard InChI is InChI=1S/5C7H5NS.5FH/c5*8-5-6-1-3-7(9)4-2-6;;;;;/h5*1-4,9H;5*1H. The van der Waals surface area contributed by atoms with Gasteiger partial charge < -0.3 is 0 Å². The molecular weight excluding hydrogens is 746 g/mol. The third kappa shape index (κ3) is 25.0. The highest BCUT2D eigenvalue weighted by molar-refractivity contribution is 7.81. The van der Waals surface area contributed by atoms with Gasteiger partial charge in [0.05, 0.1) is 58.2 Å². The molecule has 0 atom stereocenters. The average Bonchev–Trinajstić information content (AvgIpc) is 3.08. The lowest BCUT2D eigenvalue weighted by molar-refractivity contribution is 1.11. The molecule has 5 aromatic carbocycles. The maximum Gasteiger partial charge on any atom is 0.0991 e. The summed E-state index contributed by atoms with van der Waals surface area (Å²) in [7, 11) is 0. The van der Waals surface area contributed by atoms with E-state index in [2.05, 4.69) is 63.1 Å². The highest BCUT2D eigenvalue weighted by Crippen LogP contribution is 2.08. The lowest BCUT2D eigenvalue weighted by atomic mass is 10.2. The highest BCUT2D eigenvalue weighted by Gasteiger charge is 1.88.